The maximum Gasteiger partial charge on any atom is 0.341 e. The Kier molecular flexibility index (Phi) is 9.81. The largest absolute Gasteiger partial charge is 0.462 e. The number of ether oxygens (including phenoxy) is 1. The van der Waals surface area contributed by atoms with E-state index in [2.05, 4.69) is 25.4 Å². The molecule has 10 nitrogen and oxygen atoms in total. The Morgan fingerprint density at radius 1 is 1.15 bits per heavy atom. The molecule has 1 saturated carbocycles. The third kappa shape index (κ3) is 6.86. The lowest BCUT2D eigenvalue weighted by Crippen LogP contribution is -2.27. The summed E-state index contributed by atoms with van der Waals surface area (Å²) >= 11 is 2.84. The van der Waals surface area contributed by atoms with Gasteiger partial charge in [-0.05, 0) is 70.1 Å². The second-order valence-electron chi connectivity index (χ2n) is 10.5. The zero-order chi connectivity index (χ0) is 28.8. The van der Waals surface area contributed by atoms with Crippen LogP contribution in [0.3, 0.4) is 0 Å². The van der Waals surface area contributed by atoms with Crippen molar-refractivity contribution in [3.8, 4) is 0 Å². The molecule has 1 atom stereocenters. The van der Waals surface area contributed by atoms with E-state index in [9.17, 15) is 14.4 Å². The summed E-state index contributed by atoms with van der Waals surface area (Å²) in [5, 5.41) is 15.5. The van der Waals surface area contributed by atoms with Crippen LogP contribution in [0.4, 0.5) is 5.00 Å². The van der Waals surface area contributed by atoms with E-state index in [-0.39, 0.29) is 42.7 Å². The summed E-state index contributed by atoms with van der Waals surface area (Å²) in [4.78, 5) is 40.0. The maximum atomic E-state index is 13.5. The van der Waals surface area contributed by atoms with Crippen molar-refractivity contribution in [1.82, 2.24) is 20.1 Å². The standard InChI is InChI=1S/C29H37N5O5S2/c1-3-38-28(37)24-20-13-8-5-9-15-22(20)41-27(24)31-25(35)18(2)40-29-33-32-23(34(29)19-11-6-4-7-12-19)17-30-26(36)21-14-10-16-39-21/h10,14,16,18-19H,3-9,11-13,15,17H2,1-2H3,(H,30,36)(H,31,35)/t18-/m0/s1. The van der Waals surface area contributed by atoms with Gasteiger partial charge in [-0.3, -0.25) is 9.59 Å². The van der Waals surface area contributed by atoms with Crippen LogP contribution in [-0.4, -0.2) is 44.4 Å². The van der Waals surface area contributed by atoms with E-state index in [1.807, 2.05) is 6.92 Å². The quantitative estimate of drug-likeness (QED) is 0.167. The van der Waals surface area contributed by atoms with Crippen LogP contribution >= 0.6 is 23.1 Å². The van der Waals surface area contributed by atoms with Crippen molar-refractivity contribution in [3.63, 3.8) is 0 Å². The molecule has 3 aromatic heterocycles. The van der Waals surface area contributed by atoms with Crippen LogP contribution < -0.4 is 10.6 Å². The molecule has 0 spiro atoms. The molecule has 3 heterocycles. The fourth-order valence-electron chi connectivity index (χ4n) is 5.54. The molecule has 0 aromatic carbocycles. The van der Waals surface area contributed by atoms with Gasteiger partial charge < -0.3 is 24.4 Å². The van der Waals surface area contributed by atoms with Crippen molar-refractivity contribution in [2.75, 3.05) is 11.9 Å². The van der Waals surface area contributed by atoms with Crippen molar-refractivity contribution >= 4 is 45.9 Å². The Hall–Kier alpha value is -3.12. The molecule has 2 N–H and O–H groups in total. The van der Waals surface area contributed by atoms with Crippen molar-refractivity contribution in [1.29, 1.82) is 0 Å². The second kappa shape index (κ2) is 13.7. The molecule has 5 rings (SSSR count). The number of hydrogen-bond acceptors (Lipinski definition) is 9. The van der Waals surface area contributed by atoms with Crippen molar-refractivity contribution < 1.29 is 23.5 Å². The molecule has 1 fully saturated rings. The number of aryl methyl sites for hydroxylation is 1. The van der Waals surface area contributed by atoms with Crippen LogP contribution in [-0.2, 0) is 28.9 Å². The molecule has 3 aromatic rings. The van der Waals surface area contributed by atoms with Crippen LogP contribution in [0.15, 0.2) is 28.0 Å². The smallest absolute Gasteiger partial charge is 0.341 e. The number of fused-ring (bicyclic) bond motifs is 1. The highest BCUT2D eigenvalue weighted by Crippen LogP contribution is 2.39. The summed E-state index contributed by atoms with van der Waals surface area (Å²) in [6, 6.07) is 3.49. The lowest BCUT2D eigenvalue weighted by atomic mass is 9.95. The third-order valence-corrected chi connectivity index (χ3v) is 9.88. The molecule has 2 aliphatic carbocycles. The number of esters is 1. The average molecular weight is 600 g/mol. The van der Waals surface area contributed by atoms with E-state index >= 15 is 0 Å². The van der Waals surface area contributed by atoms with Crippen molar-refractivity contribution in [3.05, 3.63) is 46.0 Å². The van der Waals surface area contributed by atoms with Gasteiger partial charge in [-0.25, -0.2) is 4.79 Å². The molecule has 0 saturated heterocycles. The molecule has 220 valence electrons. The topological polar surface area (TPSA) is 128 Å². The first-order valence-corrected chi connectivity index (χ1v) is 16.2. The Balaban J connectivity index is 1.33. The molecule has 12 heteroatoms. The van der Waals surface area contributed by atoms with Gasteiger partial charge in [0, 0.05) is 10.9 Å². The molecule has 41 heavy (non-hydrogen) atoms. The number of nitrogens with zero attached hydrogens (tertiary/aromatic N) is 3. The number of amides is 2. The lowest BCUT2D eigenvalue weighted by molar-refractivity contribution is -0.115. The zero-order valence-electron chi connectivity index (χ0n) is 23.6. The van der Waals surface area contributed by atoms with Crippen molar-refractivity contribution in [2.45, 2.75) is 101 Å². The number of aromatic nitrogens is 3. The predicted octanol–water partition coefficient (Wildman–Crippen LogP) is 5.93. The van der Waals surface area contributed by atoms with Crippen molar-refractivity contribution in [2.24, 2.45) is 0 Å². The number of thiophene rings is 1. The van der Waals surface area contributed by atoms with Gasteiger partial charge in [-0.1, -0.05) is 37.4 Å². The average Bonchev–Trinajstić information content (AvgIpc) is 3.69. The number of furan rings is 1. The van der Waals surface area contributed by atoms with E-state index in [0.29, 0.717) is 21.5 Å². The molecular formula is C29H37N5O5S2. The van der Waals surface area contributed by atoms with Gasteiger partial charge in [0.15, 0.2) is 16.7 Å². The molecule has 2 aliphatic rings. The first-order valence-electron chi connectivity index (χ1n) is 14.5. The Morgan fingerprint density at radius 3 is 2.68 bits per heavy atom. The highest BCUT2D eigenvalue weighted by atomic mass is 32.2. The van der Waals surface area contributed by atoms with Crippen LogP contribution in [0.2, 0.25) is 0 Å². The molecular weight excluding hydrogens is 562 g/mol. The molecule has 2 amide bonds. The highest BCUT2D eigenvalue weighted by molar-refractivity contribution is 8.00. The molecule has 0 radical (unpaired) electrons. The van der Waals surface area contributed by atoms with Crippen LogP contribution in [0.1, 0.15) is 108 Å². The van der Waals surface area contributed by atoms with Gasteiger partial charge >= 0.3 is 5.97 Å². The highest BCUT2D eigenvalue weighted by Gasteiger charge is 2.30. The normalized spacial score (nSPS) is 16.4. The van der Waals surface area contributed by atoms with Gasteiger partial charge in [0.25, 0.3) is 5.91 Å². The fraction of sp³-hybridized carbons (Fsp3) is 0.552. The van der Waals surface area contributed by atoms with Gasteiger partial charge in [-0.2, -0.15) is 0 Å². The second-order valence-corrected chi connectivity index (χ2v) is 12.9. The molecule has 0 bridgehead atoms. The number of carbonyl (C=O) groups is 3. The Labute approximate surface area is 248 Å². The van der Waals surface area contributed by atoms with Gasteiger partial charge in [-0.15, -0.1) is 21.5 Å². The summed E-state index contributed by atoms with van der Waals surface area (Å²) in [6.45, 7) is 4.11. The number of thioether (sulfide) groups is 1. The summed E-state index contributed by atoms with van der Waals surface area (Å²) in [6.07, 6.45) is 11.8. The Morgan fingerprint density at radius 2 is 1.93 bits per heavy atom. The van der Waals surface area contributed by atoms with Crippen LogP contribution in [0, 0.1) is 0 Å². The van der Waals surface area contributed by atoms with Crippen LogP contribution in [0.5, 0.6) is 0 Å². The summed E-state index contributed by atoms with van der Waals surface area (Å²) in [7, 11) is 0. The first-order chi connectivity index (χ1) is 20.0. The van der Waals surface area contributed by atoms with E-state index in [4.69, 9.17) is 9.15 Å². The van der Waals surface area contributed by atoms with Crippen LogP contribution in [0.25, 0.3) is 0 Å². The number of anilines is 1. The first kappa shape index (κ1) is 29.4. The summed E-state index contributed by atoms with van der Waals surface area (Å²) in [5.41, 5.74) is 1.54. The fourth-order valence-corrected chi connectivity index (χ4v) is 7.76. The predicted molar refractivity (Wildman–Crippen MR) is 158 cm³/mol. The number of nitrogens with one attached hydrogen (secondary N) is 2. The summed E-state index contributed by atoms with van der Waals surface area (Å²) in [5.74, 6) is -0.00861. The van der Waals surface area contributed by atoms with Gasteiger partial charge in [0.2, 0.25) is 5.91 Å². The Bertz CT molecular complexity index is 1360. The minimum Gasteiger partial charge on any atom is -0.462 e. The SMILES string of the molecule is CCOC(=O)c1c(NC(=O)[C@H](C)Sc2nnc(CNC(=O)c3ccco3)n2C2CCCCC2)sc2c1CCCCC2. The summed E-state index contributed by atoms with van der Waals surface area (Å²) < 4.78 is 12.7. The lowest BCUT2D eigenvalue weighted by Gasteiger charge is -2.26. The minimum atomic E-state index is -0.496. The number of hydrogen-bond donors (Lipinski definition) is 2. The zero-order valence-corrected chi connectivity index (χ0v) is 25.2. The number of rotatable bonds is 10. The third-order valence-electron chi connectivity index (χ3n) is 7.62. The van der Waals surface area contributed by atoms with E-state index in [1.165, 1.54) is 40.7 Å². The number of carbonyl (C=O) groups excluding carboxylic acids is 3. The van der Waals surface area contributed by atoms with E-state index < -0.39 is 5.25 Å². The van der Waals surface area contributed by atoms with Gasteiger partial charge in [0.05, 0.1) is 30.2 Å². The monoisotopic (exact) mass is 599 g/mol. The molecule has 0 aliphatic heterocycles. The molecule has 0 unspecified atom stereocenters. The minimum absolute atomic E-state index is 0.202. The van der Waals surface area contributed by atoms with E-state index in [1.54, 1.807) is 19.1 Å². The maximum absolute atomic E-state index is 13.5. The van der Waals surface area contributed by atoms with E-state index in [0.717, 1.165) is 63.4 Å². The van der Waals surface area contributed by atoms with Gasteiger partial charge in [0.1, 0.15) is 5.00 Å².